The van der Waals surface area contributed by atoms with Crippen LogP contribution >= 0.6 is 0 Å². The lowest BCUT2D eigenvalue weighted by molar-refractivity contribution is 0.0419. The molecular weight excluding hydrogens is 124 g/mol. The van der Waals surface area contributed by atoms with Crippen LogP contribution in [-0.4, -0.2) is 36.1 Å². The molecule has 0 radical (unpaired) electrons. The van der Waals surface area contributed by atoms with Crippen LogP contribution < -0.4 is 5.32 Å². The number of hydrogen-bond acceptors (Lipinski definition) is 2. The van der Waals surface area contributed by atoms with Crippen molar-refractivity contribution in [1.29, 1.82) is 0 Å². The monoisotopic (exact) mass is 140 g/mol. The molecule has 10 heavy (non-hydrogen) atoms. The third-order valence-electron chi connectivity index (χ3n) is 2.81. The van der Waals surface area contributed by atoms with Crippen molar-refractivity contribution >= 4 is 0 Å². The van der Waals surface area contributed by atoms with Gasteiger partial charge in [0, 0.05) is 24.7 Å². The standard InChI is InChI=1S/C8H16N2/c1-6(2)10-5-7-8(10)3-4-9-7/h6-9H,3-5H2,1-2H3/t7-,8-/m1/s1. The van der Waals surface area contributed by atoms with Crippen LogP contribution in [0.15, 0.2) is 0 Å². The Labute approximate surface area is 62.6 Å². The molecule has 0 aliphatic carbocycles. The summed E-state index contributed by atoms with van der Waals surface area (Å²) >= 11 is 0. The van der Waals surface area contributed by atoms with E-state index in [1.54, 1.807) is 0 Å². The zero-order valence-electron chi connectivity index (χ0n) is 6.80. The van der Waals surface area contributed by atoms with Gasteiger partial charge in [0.15, 0.2) is 0 Å². The minimum absolute atomic E-state index is 0.751. The highest BCUT2D eigenvalue weighted by Crippen LogP contribution is 2.27. The second kappa shape index (κ2) is 2.21. The molecule has 2 heterocycles. The Morgan fingerprint density at radius 1 is 1.50 bits per heavy atom. The molecular formula is C8H16N2. The Morgan fingerprint density at radius 2 is 2.30 bits per heavy atom. The Balaban J connectivity index is 1.94. The zero-order valence-corrected chi connectivity index (χ0v) is 6.80. The average Bonchev–Trinajstić information content (AvgIpc) is 2.11. The lowest BCUT2D eigenvalue weighted by Gasteiger charge is -2.46. The van der Waals surface area contributed by atoms with Crippen molar-refractivity contribution in [3.8, 4) is 0 Å². The minimum atomic E-state index is 0.751. The van der Waals surface area contributed by atoms with Crippen LogP contribution in [0.3, 0.4) is 0 Å². The fourth-order valence-electron chi connectivity index (χ4n) is 2.16. The quantitative estimate of drug-likeness (QED) is 0.568. The summed E-state index contributed by atoms with van der Waals surface area (Å²) < 4.78 is 0. The highest BCUT2D eigenvalue weighted by atomic mass is 15.3. The summed E-state index contributed by atoms with van der Waals surface area (Å²) in [5.41, 5.74) is 0. The van der Waals surface area contributed by atoms with Gasteiger partial charge in [-0.05, 0) is 26.8 Å². The maximum absolute atomic E-state index is 3.50. The van der Waals surface area contributed by atoms with Gasteiger partial charge in [-0.25, -0.2) is 0 Å². The van der Waals surface area contributed by atoms with E-state index in [1.165, 1.54) is 19.5 Å². The van der Waals surface area contributed by atoms with Crippen LogP contribution in [0.25, 0.3) is 0 Å². The van der Waals surface area contributed by atoms with Crippen LogP contribution in [0.4, 0.5) is 0 Å². The second-order valence-electron chi connectivity index (χ2n) is 3.71. The van der Waals surface area contributed by atoms with Gasteiger partial charge in [0.2, 0.25) is 0 Å². The van der Waals surface area contributed by atoms with E-state index in [-0.39, 0.29) is 0 Å². The number of nitrogens with zero attached hydrogens (tertiary/aromatic N) is 1. The maximum Gasteiger partial charge on any atom is 0.0352 e. The molecule has 2 aliphatic rings. The Kier molecular flexibility index (Phi) is 1.46. The normalized spacial score (nSPS) is 39.9. The molecule has 0 saturated carbocycles. The molecule has 2 heteroatoms. The first-order valence-corrected chi connectivity index (χ1v) is 4.28. The first-order valence-electron chi connectivity index (χ1n) is 4.28. The van der Waals surface area contributed by atoms with Crippen molar-refractivity contribution in [2.75, 3.05) is 13.1 Å². The molecule has 2 nitrogen and oxygen atoms in total. The van der Waals surface area contributed by atoms with Gasteiger partial charge in [0.25, 0.3) is 0 Å². The van der Waals surface area contributed by atoms with E-state index in [1.807, 2.05) is 0 Å². The van der Waals surface area contributed by atoms with Gasteiger partial charge in [-0.2, -0.15) is 0 Å². The van der Waals surface area contributed by atoms with E-state index in [9.17, 15) is 0 Å². The summed E-state index contributed by atoms with van der Waals surface area (Å²) in [5.74, 6) is 0. The fourth-order valence-corrected chi connectivity index (χ4v) is 2.16. The summed E-state index contributed by atoms with van der Waals surface area (Å²) in [4.78, 5) is 2.59. The molecule has 1 N–H and O–H groups in total. The predicted octanol–water partition coefficient (Wildman–Crippen LogP) is 0.441. The maximum atomic E-state index is 3.50. The second-order valence-corrected chi connectivity index (χ2v) is 3.71. The predicted molar refractivity (Wildman–Crippen MR) is 42.0 cm³/mol. The van der Waals surface area contributed by atoms with Gasteiger partial charge >= 0.3 is 0 Å². The topological polar surface area (TPSA) is 15.3 Å². The minimum Gasteiger partial charge on any atom is -0.311 e. The van der Waals surface area contributed by atoms with Crippen molar-refractivity contribution in [3.05, 3.63) is 0 Å². The van der Waals surface area contributed by atoms with Crippen LogP contribution in [0.5, 0.6) is 0 Å². The first kappa shape index (κ1) is 6.62. The number of hydrogen-bond donors (Lipinski definition) is 1. The molecule has 0 bridgehead atoms. The van der Waals surface area contributed by atoms with E-state index >= 15 is 0 Å². The molecule has 2 aliphatic heterocycles. The summed E-state index contributed by atoms with van der Waals surface area (Å²) in [6.45, 7) is 7.09. The molecule has 2 fully saturated rings. The van der Waals surface area contributed by atoms with Gasteiger partial charge in [-0.3, -0.25) is 4.90 Å². The van der Waals surface area contributed by atoms with E-state index in [0.29, 0.717) is 0 Å². The molecule has 2 atom stereocenters. The molecule has 0 aromatic heterocycles. The third kappa shape index (κ3) is 0.789. The van der Waals surface area contributed by atoms with Crippen molar-refractivity contribution in [2.24, 2.45) is 0 Å². The van der Waals surface area contributed by atoms with Gasteiger partial charge in [0.05, 0.1) is 0 Å². The molecule has 0 aromatic carbocycles. The molecule has 0 aromatic rings. The van der Waals surface area contributed by atoms with Gasteiger partial charge in [-0.15, -0.1) is 0 Å². The number of fused-ring (bicyclic) bond motifs is 1. The molecule has 0 unspecified atom stereocenters. The SMILES string of the molecule is CC(C)N1C[C@H]2NCC[C@H]21. The van der Waals surface area contributed by atoms with Crippen molar-refractivity contribution in [3.63, 3.8) is 0 Å². The molecule has 58 valence electrons. The number of nitrogens with one attached hydrogen (secondary N) is 1. The highest BCUT2D eigenvalue weighted by molar-refractivity contribution is 5.02. The summed E-state index contributed by atoms with van der Waals surface area (Å²) in [6, 6.07) is 2.46. The summed E-state index contributed by atoms with van der Waals surface area (Å²) in [7, 11) is 0. The third-order valence-corrected chi connectivity index (χ3v) is 2.81. The van der Waals surface area contributed by atoms with Gasteiger partial charge < -0.3 is 5.32 Å². The van der Waals surface area contributed by atoms with Gasteiger partial charge in [-0.1, -0.05) is 0 Å². The Bertz CT molecular complexity index is 133. The van der Waals surface area contributed by atoms with Gasteiger partial charge in [0.1, 0.15) is 0 Å². The fraction of sp³-hybridized carbons (Fsp3) is 1.00. The smallest absolute Gasteiger partial charge is 0.0352 e. The lowest BCUT2D eigenvalue weighted by Crippen LogP contribution is -2.62. The van der Waals surface area contributed by atoms with Crippen LogP contribution in [0.1, 0.15) is 20.3 Å². The molecule has 0 spiro atoms. The van der Waals surface area contributed by atoms with Crippen molar-refractivity contribution in [1.82, 2.24) is 10.2 Å². The van der Waals surface area contributed by atoms with E-state index in [4.69, 9.17) is 0 Å². The number of rotatable bonds is 1. The van der Waals surface area contributed by atoms with E-state index < -0.39 is 0 Å². The first-order chi connectivity index (χ1) is 4.79. The number of likely N-dealkylation sites (tertiary alicyclic amines) is 1. The summed E-state index contributed by atoms with van der Waals surface area (Å²) in [6.07, 6.45) is 1.36. The molecule has 2 saturated heterocycles. The highest BCUT2D eigenvalue weighted by Gasteiger charge is 2.42. The van der Waals surface area contributed by atoms with Crippen LogP contribution in [-0.2, 0) is 0 Å². The largest absolute Gasteiger partial charge is 0.311 e. The summed E-state index contributed by atoms with van der Waals surface area (Å²) in [5, 5.41) is 3.50. The average molecular weight is 140 g/mol. The van der Waals surface area contributed by atoms with E-state index in [2.05, 4.69) is 24.1 Å². The van der Waals surface area contributed by atoms with Crippen molar-refractivity contribution < 1.29 is 0 Å². The Hall–Kier alpha value is -0.0800. The van der Waals surface area contributed by atoms with Crippen LogP contribution in [0, 0.1) is 0 Å². The lowest BCUT2D eigenvalue weighted by atomic mass is 9.96. The van der Waals surface area contributed by atoms with Crippen LogP contribution in [0.2, 0.25) is 0 Å². The van der Waals surface area contributed by atoms with Crippen molar-refractivity contribution in [2.45, 2.75) is 38.4 Å². The zero-order chi connectivity index (χ0) is 7.14. The molecule has 2 rings (SSSR count). The van der Waals surface area contributed by atoms with E-state index in [0.717, 1.165) is 18.1 Å². The molecule has 0 amide bonds. The Morgan fingerprint density at radius 3 is 2.90 bits per heavy atom.